The predicted octanol–water partition coefficient (Wildman–Crippen LogP) is 2.56. The van der Waals surface area contributed by atoms with E-state index in [4.69, 9.17) is 10.9 Å². The first-order chi connectivity index (χ1) is 9.52. The molecule has 0 saturated carbocycles. The number of hydrogen-bond donors (Lipinski definition) is 2. The van der Waals surface area contributed by atoms with Crippen molar-refractivity contribution in [1.82, 2.24) is 4.98 Å². The van der Waals surface area contributed by atoms with Gasteiger partial charge in [-0.2, -0.15) is 0 Å². The Balaban J connectivity index is 2.40. The van der Waals surface area contributed by atoms with Gasteiger partial charge in [0.15, 0.2) is 5.84 Å². The highest BCUT2D eigenvalue weighted by molar-refractivity contribution is 5.95. The van der Waals surface area contributed by atoms with Gasteiger partial charge >= 0.3 is 0 Å². The summed E-state index contributed by atoms with van der Waals surface area (Å²) in [6.45, 7) is 4.13. The molecule has 0 unspecified atom stereocenters. The van der Waals surface area contributed by atoms with Crippen LogP contribution in [0.5, 0.6) is 0 Å². The van der Waals surface area contributed by atoms with Crippen LogP contribution in [0.15, 0.2) is 41.6 Å². The molecule has 20 heavy (non-hydrogen) atoms. The molecule has 5 nitrogen and oxygen atoms in total. The van der Waals surface area contributed by atoms with E-state index in [1.807, 2.05) is 24.1 Å². The molecule has 0 amide bonds. The third-order valence-corrected chi connectivity index (χ3v) is 3.16. The van der Waals surface area contributed by atoms with E-state index in [2.05, 4.69) is 42.2 Å². The first-order valence-corrected chi connectivity index (χ1v) is 6.29. The molecule has 0 aliphatic rings. The van der Waals surface area contributed by atoms with E-state index in [1.165, 1.54) is 11.1 Å². The minimum Gasteiger partial charge on any atom is -0.409 e. The van der Waals surface area contributed by atoms with E-state index >= 15 is 0 Å². The lowest BCUT2D eigenvalue weighted by atomic mass is 10.1. The van der Waals surface area contributed by atoms with Crippen molar-refractivity contribution in [2.24, 2.45) is 10.9 Å². The molecule has 0 atom stereocenters. The van der Waals surface area contributed by atoms with Crippen LogP contribution in [0, 0.1) is 13.8 Å². The number of oxime groups is 1. The molecule has 1 aromatic heterocycles. The Bertz CT molecular complexity index is 652. The summed E-state index contributed by atoms with van der Waals surface area (Å²) in [6.07, 6.45) is 0. The molecule has 0 saturated heterocycles. The lowest BCUT2D eigenvalue weighted by Crippen LogP contribution is -2.18. The quantitative estimate of drug-likeness (QED) is 0.389. The number of aryl methyl sites for hydroxylation is 2. The van der Waals surface area contributed by atoms with E-state index in [0.717, 1.165) is 11.5 Å². The molecule has 0 bridgehead atoms. The normalized spacial score (nSPS) is 11.4. The number of nitrogens with zero attached hydrogens (tertiary/aromatic N) is 3. The minimum absolute atomic E-state index is 0.000813. The van der Waals surface area contributed by atoms with Gasteiger partial charge in [0, 0.05) is 12.7 Å². The zero-order chi connectivity index (χ0) is 14.7. The number of amidine groups is 1. The van der Waals surface area contributed by atoms with E-state index in [0.29, 0.717) is 5.69 Å². The molecule has 2 rings (SSSR count). The monoisotopic (exact) mass is 270 g/mol. The van der Waals surface area contributed by atoms with Crippen molar-refractivity contribution in [3.8, 4) is 0 Å². The third kappa shape index (κ3) is 2.71. The molecular formula is C15H18N4O. The maximum Gasteiger partial charge on any atom is 0.188 e. The number of benzene rings is 1. The van der Waals surface area contributed by atoms with Crippen LogP contribution in [-0.2, 0) is 0 Å². The summed E-state index contributed by atoms with van der Waals surface area (Å²) in [5, 5.41) is 11.7. The topological polar surface area (TPSA) is 74.7 Å². The Morgan fingerprint density at radius 3 is 2.65 bits per heavy atom. The summed E-state index contributed by atoms with van der Waals surface area (Å²) in [5.41, 5.74) is 9.48. The molecule has 0 fully saturated rings. The summed E-state index contributed by atoms with van der Waals surface area (Å²) >= 11 is 0. The van der Waals surface area contributed by atoms with Crippen LogP contribution < -0.4 is 10.6 Å². The SMILES string of the molecule is Cc1ccc(N(C)c2cccc(C(N)=NO)n2)c(C)c1. The molecule has 0 spiro atoms. The molecular weight excluding hydrogens is 252 g/mol. The maximum atomic E-state index is 8.72. The van der Waals surface area contributed by atoms with Gasteiger partial charge in [-0.05, 0) is 37.6 Å². The summed E-state index contributed by atoms with van der Waals surface area (Å²) in [6, 6.07) is 11.7. The average molecular weight is 270 g/mol. The highest BCUT2D eigenvalue weighted by Crippen LogP contribution is 2.26. The molecule has 3 N–H and O–H groups in total. The fourth-order valence-electron chi connectivity index (χ4n) is 2.11. The Labute approximate surface area is 118 Å². The summed E-state index contributed by atoms with van der Waals surface area (Å²) in [4.78, 5) is 6.37. The van der Waals surface area contributed by atoms with Gasteiger partial charge in [-0.15, -0.1) is 0 Å². The van der Waals surface area contributed by atoms with Crippen LogP contribution in [-0.4, -0.2) is 23.1 Å². The van der Waals surface area contributed by atoms with Gasteiger partial charge in [0.05, 0.1) is 0 Å². The van der Waals surface area contributed by atoms with E-state index in [-0.39, 0.29) is 5.84 Å². The van der Waals surface area contributed by atoms with Gasteiger partial charge in [-0.1, -0.05) is 28.9 Å². The molecule has 104 valence electrons. The Kier molecular flexibility index (Phi) is 3.89. The smallest absolute Gasteiger partial charge is 0.188 e. The van der Waals surface area contributed by atoms with E-state index in [9.17, 15) is 0 Å². The first kappa shape index (κ1) is 13.9. The Morgan fingerprint density at radius 1 is 1.25 bits per heavy atom. The summed E-state index contributed by atoms with van der Waals surface area (Å²) < 4.78 is 0. The summed E-state index contributed by atoms with van der Waals surface area (Å²) in [7, 11) is 1.94. The molecule has 1 heterocycles. The van der Waals surface area contributed by atoms with Gasteiger partial charge in [0.25, 0.3) is 0 Å². The van der Waals surface area contributed by atoms with Crippen LogP contribution in [0.3, 0.4) is 0 Å². The second kappa shape index (κ2) is 5.61. The zero-order valence-corrected chi connectivity index (χ0v) is 11.8. The van der Waals surface area contributed by atoms with Crippen molar-refractivity contribution < 1.29 is 5.21 Å². The highest BCUT2D eigenvalue weighted by Gasteiger charge is 2.10. The number of anilines is 2. The van der Waals surface area contributed by atoms with E-state index < -0.39 is 0 Å². The fraction of sp³-hybridized carbons (Fsp3) is 0.200. The van der Waals surface area contributed by atoms with Crippen LogP contribution in [0.4, 0.5) is 11.5 Å². The Hall–Kier alpha value is -2.56. The highest BCUT2D eigenvalue weighted by atomic mass is 16.4. The molecule has 0 aliphatic carbocycles. The van der Waals surface area contributed by atoms with Crippen molar-refractivity contribution in [3.63, 3.8) is 0 Å². The van der Waals surface area contributed by atoms with Gasteiger partial charge in [-0.25, -0.2) is 4.98 Å². The molecule has 1 aromatic carbocycles. The van der Waals surface area contributed by atoms with Crippen molar-refractivity contribution in [2.75, 3.05) is 11.9 Å². The lowest BCUT2D eigenvalue weighted by molar-refractivity contribution is 0.318. The zero-order valence-electron chi connectivity index (χ0n) is 11.8. The third-order valence-electron chi connectivity index (χ3n) is 3.16. The van der Waals surface area contributed by atoms with Gasteiger partial charge < -0.3 is 15.8 Å². The lowest BCUT2D eigenvalue weighted by Gasteiger charge is -2.21. The predicted molar refractivity (Wildman–Crippen MR) is 80.7 cm³/mol. The van der Waals surface area contributed by atoms with Crippen molar-refractivity contribution >= 4 is 17.3 Å². The first-order valence-electron chi connectivity index (χ1n) is 6.29. The standard InChI is InChI=1S/C15H18N4O/c1-10-7-8-13(11(2)9-10)19(3)14-6-4-5-12(17-14)15(16)18-20/h4-9,20H,1-3H3,(H2,16,18). The second-order valence-electron chi connectivity index (χ2n) is 4.72. The molecule has 2 aromatic rings. The van der Waals surface area contributed by atoms with Crippen molar-refractivity contribution in [3.05, 3.63) is 53.2 Å². The minimum atomic E-state index is 0.000813. The molecule has 5 heteroatoms. The van der Waals surface area contributed by atoms with Gasteiger partial charge in [0.1, 0.15) is 11.5 Å². The van der Waals surface area contributed by atoms with E-state index in [1.54, 1.807) is 6.07 Å². The maximum absolute atomic E-state index is 8.72. The number of hydrogen-bond acceptors (Lipinski definition) is 4. The van der Waals surface area contributed by atoms with Gasteiger partial charge in [0.2, 0.25) is 0 Å². The fourth-order valence-corrected chi connectivity index (χ4v) is 2.11. The largest absolute Gasteiger partial charge is 0.409 e. The second-order valence-corrected chi connectivity index (χ2v) is 4.72. The molecule has 0 aliphatic heterocycles. The van der Waals surface area contributed by atoms with Crippen LogP contribution >= 0.6 is 0 Å². The number of nitrogens with two attached hydrogens (primary N) is 1. The number of pyridine rings is 1. The van der Waals surface area contributed by atoms with Crippen LogP contribution in [0.1, 0.15) is 16.8 Å². The average Bonchev–Trinajstić information content (AvgIpc) is 2.46. The van der Waals surface area contributed by atoms with Crippen LogP contribution in [0.2, 0.25) is 0 Å². The van der Waals surface area contributed by atoms with Gasteiger partial charge in [-0.3, -0.25) is 0 Å². The Morgan fingerprint density at radius 2 is 2.00 bits per heavy atom. The number of rotatable bonds is 3. The van der Waals surface area contributed by atoms with Crippen molar-refractivity contribution in [2.45, 2.75) is 13.8 Å². The van der Waals surface area contributed by atoms with Crippen molar-refractivity contribution in [1.29, 1.82) is 0 Å². The summed E-state index contributed by atoms with van der Waals surface area (Å²) in [5.74, 6) is 0.738. The van der Waals surface area contributed by atoms with Crippen LogP contribution in [0.25, 0.3) is 0 Å². The number of aromatic nitrogens is 1. The molecule has 0 radical (unpaired) electrons.